The van der Waals surface area contributed by atoms with Crippen molar-refractivity contribution in [3.05, 3.63) is 0 Å². The van der Waals surface area contributed by atoms with E-state index in [1.54, 1.807) is 0 Å². The summed E-state index contributed by atoms with van der Waals surface area (Å²) in [5.41, 5.74) is 0. The summed E-state index contributed by atoms with van der Waals surface area (Å²) in [6.45, 7) is 6.13. The van der Waals surface area contributed by atoms with Gasteiger partial charge in [-0.15, -0.1) is 0 Å². The molecule has 0 spiro atoms. The number of amidine groups is 1. The van der Waals surface area contributed by atoms with Crippen molar-refractivity contribution in [2.75, 3.05) is 0 Å². The maximum atomic E-state index is 3.90. The van der Waals surface area contributed by atoms with Crippen LogP contribution in [-0.4, -0.2) is 11.9 Å². The largest absolute Gasteiger partial charge is 0.371 e. The molecule has 0 heterocycles. The molecule has 0 amide bonds. The average molecular weight is 226 g/mol. The van der Waals surface area contributed by atoms with Crippen molar-refractivity contribution in [3.8, 4) is 0 Å². The van der Waals surface area contributed by atoms with Gasteiger partial charge in [-0.2, -0.15) is 0 Å². The lowest BCUT2D eigenvalue weighted by Gasteiger charge is -2.05. The number of nitrogens with zero attached hydrogens (tertiary/aromatic N) is 1. The van der Waals surface area contributed by atoms with Crippen molar-refractivity contribution < 1.29 is 0 Å². The second kappa shape index (κ2) is 4.12. The molecule has 0 aromatic carbocycles. The highest BCUT2D eigenvalue weighted by molar-refractivity contribution is 14.1. The molecule has 0 aromatic heterocycles. The van der Waals surface area contributed by atoms with Crippen LogP contribution >= 0.6 is 22.9 Å². The fraction of sp³-hybridized carbons (Fsp3) is 0.800. The van der Waals surface area contributed by atoms with Gasteiger partial charge in [0.2, 0.25) is 0 Å². The van der Waals surface area contributed by atoms with Crippen LogP contribution in [0.3, 0.4) is 0 Å². The Morgan fingerprint density at radius 3 is 2.25 bits per heavy atom. The Balaban J connectivity index is 3.39. The molecule has 0 aromatic rings. The first kappa shape index (κ1) is 8.20. The van der Waals surface area contributed by atoms with E-state index in [1.165, 1.54) is 0 Å². The Morgan fingerprint density at radius 1 is 1.62 bits per heavy atom. The fourth-order valence-corrected chi connectivity index (χ4v) is 0.581. The Morgan fingerprint density at radius 2 is 2.12 bits per heavy atom. The smallest absolute Gasteiger partial charge is 0.105 e. The van der Waals surface area contributed by atoms with E-state index in [1.807, 2.05) is 29.8 Å². The maximum Gasteiger partial charge on any atom is 0.105 e. The van der Waals surface area contributed by atoms with Gasteiger partial charge >= 0.3 is 0 Å². The van der Waals surface area contributed by atoms with Crippen molar-refractivity contribution in [1.29, 1.82) is 0 Å². The highest BCUT2D eigenvalue weighted by Gasteiger charge is 1.90. The minimum atomic E-state index is 0.494. The second-order valence-electron chi connectivity index (χ2n) is 1.97. The zero-order valence-corrected chi connectivity index (χ0v) is 7.56. The number of hydrogen-bond donors (Lipinski definition) is 1. The minimum absolute atomic E-state index is 0.494. The quantitative estimate of drug-likeness (QED) is 0.411. The van der Waals surface area contributed by atoms with Gasteiger partial charge in [0.15, 0.2) is 0 Å². The van der Waals surface area contributed by atoms with Gasteiger partial charge in [0.25, 0.3) is 0 Å². The van der Waals surface area contributed by atoms with E-state index < -0.39 is 0 Å². The van der Waals surface area contributed by atoms with Crippen molar-refractivity contribution in [1.82, 2.24) is 5.32 Å². The summed E-state index contributed by atoms with van der Waals surface area (Å²) in [7, 11) is 0. The topological polar surface area (TPSA) is 24.4 Å². The molecule has 0 aliphatic heterocycles. The van der Waals surface area contributed by atoms with Crippen LogP contribution in [0.2, 0.25) is 0 Å². The van der Waals surface area contributed by atoms with Crippen LogP contribution < -0.4 is 5.32 Å². The first-order valence-corrected chi connectivity index (χ1v) is 3.55. The zero-order chi connectivity index (χ0) is 6.57. The molecule has 2 nitrogen and oxygen atoms in total. The van der Waals surface area contributed by atoms with Gasteiger partial charge in [-0.25, -0.2) is 3.21 Å². The predicted molar refractivity (Wildman–Crippen MR) is 45.4 cm³/mol. The van der Waals surface area contributed by atoms with Gasteiger partial charge in [-0.1, -0.05) is 0 Å². The molecule has 3 heteroatoms. The number of hydrogen-bond acceptors (Lipinski definition) is 1. The lowest BCUT2D eigenvalue weighted by Crippen LogP contribution is -2.27. The van der Waals surface area contributed by atoms with Crippen molar-refractivity contribution >= 4 is 28.7 Å². The van der Waals surface area contributed by atoms with Gasteiger partial charge in [0, 0.05) is 6.04 Å². The van der Waals surface area contributed by atoms with Crippen LogP contribution in [0.5, 0.6) is 0 Å². The molecule has 0 atom stereocenters. The average Bonchev–Trinajstić information content (AvgIpc) is 1.65. The summed E-state index contributed by atoms with van der Waals surface area (Å²) in [5.74, 6) is 0.987. The summed E-state index contributed by atoms with van der Waals surface area (Å²) in [6.07, 6.45) is 0. The van der Waals surface area contributed by atoms with Crippen LogP contribution in [0.15, 0.2) is 3.21 Å². The molecule has 0 saturated carbocycles. The lowest BCUT2D eigenvalue weighted by atomic mass is 10.4. The molecule has 8 heavy (non-hydrogen) atoms. The molecule has 0 saturated heterocycles. The molecule has 0 radical (unpaired) electrons. The Labute approximate surface area is 64.3 Å². The van der Waals surface area contributed by atoms with E-state index in [0.717, 1.165) is 5.84 Å². The Hall–Kier alpha value is 0.200. The molecule has 0 fully saturated rings. The highest BCUT2D eigenvalue weighted by atomic mass is 127. The molecular weight excluding hydrogens is 215 g/mol. The van der Waals surface area contributed by atoms with E-state index >= 15 is 0 Å². The van der Waals surface area contributed by atoms with Crippen LogP contribution in [-0.2, 0) is 0 Å². The minimum Gasteiger partial charge on any atom is -0.371 e. The SMILES string of the molecule is C/C(=N/I)NC(C)C. The molecule has 0 rings (SSSR count). The summed E-state index contributed by atoms with van der Waals surface area (Å²) >= 11 is 1.97. The molecule has 0 bridgehead atoms. The molecule has 1 N–H and O–H groups in total. The van der Waals surface area contributed by atoms with Crippen molar-refractivity contribution in [2.45, 2.75) is 26.8 Å². The summed E-state index contributed by atoms with van der Waals surface area (Å²) in [4.78, 5) is 0. The zero-order valence-electron chi connectivity index (χ0n) is 5.40. The van der Waals surface area contributed by atoms with Gasteiger partial charge < -0.3 is 5.32 Å². The third-order valence-corrected chi connectivity index (χ3v) is 1.35. The van der Waals surface area contributed by atoms with Crippen LogP contribution in [0.1, 0.15) is 20.8 Å². The van der Waals surface area contributed by atoms with Crippen molar-refractivity contribution in [3.63, 3.8) is 0 Å². The van der Waals surface area contributed by atoms with Crippen LogP contribution in [0, 0.1) is 0 Å². The Kier molecular flexibility index (Phi) is 4.22. The fourth-order valence-electron chi connectivity index (χ4n) is 0.442. The standard InChI is InChI=1S/C5H11IN2/c1-4(2)7-5(3)8-6/h4H,1-3H3,(H,7,8). The Bertz CT molecular complexity index is 88.4. The number of halogens is 1. The van der Waals surface area contributed by atoms with E-state index in [2.05, 4.69) is 22.4 Å². The number of rotatable bonds is 1. The number of nitrogens with one attached hydrogen (secondary N) is 1. The summed E-state index contributed by atoms with van der Waals surface area (Å²) < 4.78 is 3.90. The van der Waals surface area contributed by atoms with E-state index in [-0.39, 0.29) is 0 Å². The van der Waals surface area contributed by atoms with Crippen LogP contribution in [0.25, 0.3) is 0 Å². The molecule has 48 valence electrons. The summed E-state index contributed by atoms with van der Waals surface area (Å²) in [6, 6.07) is 0.494. The van der Waals surface area contributed by atoms with Crippen molar-refractivity contribution in [2.24, 2.45) is 3.21 Å². The van der Waals surface area contributed by atoms with Gasteiger partial charge in [-0.05, 0) is 20.8 Å². The predicted octanol–water partition coefficient (Wildman–Crippen LogP) is 1.75. The lowest BCUT2D eigenvalue weighted by molar-refractivity contribution is 0.732. The van der Waals surface area contributed by atoms with E-state index in [0.29, 0.717) is 6.04 Å². The highest BCUT2D eigenvalue weighted by Crippen LogP contribution is 1.85. The monoisotopic (exact) mass is 226 g/mol. The maximum absolute atomic E-state index is 3.90. The first-order valence-electron chi connectivity index (χ1n) is 2.59. The molecule has 0 unspecified atom stereocenters. The van der Waals surface area contributed by atoms with Crippen LogP contribution in [0.4, 0.5) is 0 Å². The second-order valence-corrected chi connectivity index (χ2v) is 2.45. The molecule has 0 aliphatic carbocycles. The van der Waals surface area contributed by atoms with E-state index in [4.69, 9.17) is 0 Å². The van der Waals surface area contributed by atoms with Gasteiger partial charge in [0.05, 0.1) is 22.9 Å². The summed E-state index contributed by atoms with van der Waals surface area (Å²) in [5, 5.41) is 3.13. The first-order chi connectivity index (χ1) is 3.66. The third kappa shape index (κ3) is 4.36. The third-order valence-electron chi connectivity index (χ3n) is 0.624. The van der Waals surface area contributed by atoms with E-state index in [9.17, 15) is 0 Å². The normalized spacial score (nSPS) is 12.4. The van der Waals surface area contributed by atoms with Gasteiger partial charge in [-0.3, -0.25) is 0 Å². The molecular formula is C5H11IN2. The van der Waals surface area contributed by atoms with Gasteiger partial charge in [0.1, 0.15) is 5.84 Å². The molecule has 0 aliphatic rings.